The van der Waals surface area contributed by atoms with E-state index >= 15 is 0 Å². The zero-order valence-corrected chi connectivity index (χ0v) is 9.17. The molecule has 1 aliphatic rings. The van der Waals surface area contributed by atoms with E-state index in [0.717, 1.165) is 17.7 Å². The number of benzene rings is 1. The van der Waals surface area contributed by atoms with Crippen LogP contribution in [0.2, 0.25) is 0 Å². The maximum absolute atomic E-state index is 9.70. The van der Waals surface area contributed by atoms with E-state index in [1.54, 1.807) is 11.8 Å². The van der Waals surface area contributed by atoms with Crippen LogP contribution in [-0.4, -0.2) is 23.5 Å². The minimum atomic E-state index is -0.668. The van der Waals surface area contributed by atoms with Crippen LogP contribution in [-0.2, 0) is 6.42 Å². The van der Waals surface area contributed by atoms with Gasteiger partial charge in [0.1, 0.15) is 5.75 Å². The molecule has 0 aliphatic carbocycles. The molecule has 0 saturated carbocycles. The average molecular weight is 208 g/mol. The van der Waals surface area contributed by atoms with E-state index < -0.39 is 7.12 Å². The Labute approximate surface area is 88.8 Å². The first-order valence-corrected chi connectivity index (χ1v) is 5.97. The van der Waals surface area contributed by atoms with Crippen molar-refractivity contribution in [3.63, 3.8) is 0 Å². The molecule has 14 heavy (non-hydrogen) atoms. The second-order valence-electron chi connectivity index (χ2n) is 3.55. The van der Waals surface area contributed by atoms with Crippen molar-refractivity contribution in [2.75, 3.05) is 6.26 Å². The Morgan fingerprint density at radius 2 is 2.36 bits per heavy atom. The van der Waals surface area contributed by atoms with Gasteiger partial charge in [-0.25, -0.2) is 0 Å². The van der Waals surface area contributed by atoms with Crippen LogP contribution in [0.25, 0.3) is 0 Å². The fourth-order valence-electron chi connectivity index (χ4n) is 1.76. The molecule has 1 atom stereocenters. The summed E-state index contributed by atoms with van der Waals surface area (Å²) in [6, 6.07) is 6.11. The maximum Gasteiger partial charge on any atom is 0.536 e. The Morgan fingerprint density at radius 1 is 1.57 bits per heavy atom. The van der Waals surface area contributed by atoms with E-state index in [1.807, 2.05) is 25.3 Å². The van der Waals surface area contributed by atoms with Crippen molar-refractivity contribution < 1.29 is 9.68 Å². The summed E-state index contributed by atoms with van der Waals surface area (Å²) in [5.41, 5.74) is 2.30. The molecule has 1 aromatic rings. The molecular weight excluding hydrogens is 195 g/mol. The van der Waals surface area contributed by atoms with Gasteiger partial charge in [0.2, 0.25) is 0 Å². The minimum Gasteiger partial charge on any atom is -0.535 e. The molecule has 0 aromatic heterocycles. The first-order chi connectivity index (χ1) is 6.72. The quantitative estimate of drug-likeness (QED) is 0.712. The van der Waals surface area contributed by atoms with Gasteiger partial charge in [-0.2, -0.15) is 11.8 Å². The summed E-state index contributed by atoms with van der Waals surface area (Å²) in [5, 5.41) is 9.85. The van der Waals surface area contributed by atoms with Crippen LogP contribution >= 0.6 is 11.8 Å². The Balaban J connectivity index is 2.35. The van der Waals surface area contributed by atoms with Crippen molar-refractivity contribution in [1.82, 2.24) is 0 Å². The highest BCUT2D eigenvalue weighted by molar-refractivity contribution is 8.00. The molecule has 0 unspecified atom stereocenters. The number of hydrogen-bond acceptors (Lipinski definition) is 3. The summed E-state index contributed by atoms with van der Waals surface area (Å²) in [6.07, 6.45) is 2.89. The Morgan fingerprint density at radius 3 is 3.07 bits per heavy atom. The van der Waals surface area contributed by atoms with Crippen LogP contribution in [0.3, 0.4) is 0 Å². The van der Waals surface area contributed by atoms with Crippen LogP contribution < -0.4 is 4.65 Å². The minimum absolute atomic E-state index is 0.157. The molecule has 0 saturated heterocycles. The molecule has 1 heterocycles. The summed E-state index contributed by atoms with van der Waals surface area (Å²) in [4.78, 5) is 0. The van der Waals surface area contributed by atoms with Gasteiger partial charge >= 0.3 is 7.12 Å². The van der Waals surface area contributed by atoms with Crippen molar-refractivity contribution in [3.05, 3.63) is 29.3 Å². The zero-order valence-electron chi connectivity index (χ0n) is 8.36. The van der Waals surface area contributed by atoms with Gasteiger partial charge < -0.3 is 9.68 Å². The number of rotatable bonds is 1. The second-order valence-corrected chi connectivity index (χ2v) is 4.63. The molecule has 0 radical (unpaired) electrons. The molecule has 2 nitrogen and oxygen atoms in total. The van der Waals surface area contributed by atoms with E-state index in [2.05, 4.69) is 6.07 Å². The maximum atomic E-state index is 9.70. The lowest BCUT2D eigenvalue weighted by Crippen LogP contribution is -2.40. The van der Waals surface area contributed by atoms with Gasteiger partial charge in [-0.1, -0.05) is 18.2 Å². The summed E-state index contributed by atoms with van der Waals surface area (Å²) < 4.78 is 5.50. The second kappa shape index (κ2) is 3.87. The van der Waals surface area contributed by atoms with Gasteiger partial charge in [0.05, 0.1) is 5.15 Å². The average Bonchev–Trinajstić information content (AvgIpc) is 2.19. The molecule has 1 aliphatic heterocycles. The molecular formula is C10H13BO2S. The van der Waals surface area contributed by atoms with Crippen LogP contribution in [0.4, 0.5) is 0 Å². The fraction of sp³-hybridized carbons (Fsp3) is 0.400. The van der Waals surface area contributed by atoms with Crippen LogP contribution in [0.5, 0.6) is 5.75 Å². The predicted molar refractivity (Wildman–Crippen MR) is 60.8 cm³/mol. The van der Waals surface area contributed by atoms with Gasteiger partial charge in [-0.05, 0) is 30.7 Å². The summed E-state index contributed by atoms with van der Waals surface area (Å²) in [7, 11) is -0.668. The van der Waals surface area contributed by atoms with E-state index in [-0.39, 0.29) is 5.15 Å². The summed E-state index contributed by atoms with van der Waals surface area (Å²) >= 11 is 1.65. The van der Waals surface area contributed by atoms with Crippen molar-refractivity contribution in [1.29, 1.82) is 0 Å². The first kappa shape index (κ1) is 9.93. The number of aryl methyl sites for hydroxylation is 1. The highest BCUT2D eigenvalue weighted by Gasteiger charge is 2.34. The van der Waals surface area contributed by atoms with Gasteiger partial charge in [-0.3, -0.25) is 0 Å². The Bertz CT molecular complexity index is 343. The number of fused-ring (bicyclic) bond motifs is 1. The van der Waals surface area contributed by atoms with Crippen LogP contribution in [0.15, 0.2) is 18.2 Å². The lowest BCUT2D eigenvalue weighted by molar-refractivity contribution is 0.394. The summed E-state index contributed by atoms with van der Waals surface area (Å²) in [6.45, 7) is 2.00. The van der Waals surface area contributed by atoms with Gasteiger partial charge in [-0.15, -0.1) is 0 Å². The molecule has 74 valence electrons. The Hall–Kier alpha value is -0.605. The standard InChI is InChI=1S/C10H13BO2S/c1-7-4-3-5-8-6-9(14-2)11(12)13-10(7)8/h3-5,9,12H,6H2,1-2H3/t9-/m0/s1. The van der Waals surface area contributed by atoms with E-state index in [0.29, 0.717) is 0 Å². The van der Waals surface area contributed by atoms with E-state index in [9.17, 15) is 5.02 Å². The molecule has 1 N–H and O–H groups in total. The Kier molecular flexibility index (Phi) is 2.74. The number of para-hydroxylation sites is 1. The SMILES string of the molecule is CS[C@H]1Cc2cccc(C)c2OB1O. The first-order valence-electron chi connectivity index (χ1n) is 4.68. The lowest BCUT2D eigenvalue weighted by atomic mass is 9.77. The van der Waals surface area contributed by atoms with Gasteiger partial charge in [0.15, 0.2) is 0 Å². The topological polar surface area (TPSA) is 29.5 Å². The van der Waals surface area contributed by atoms with Crippen LogP contribution in [0, 0.1) is 6.92 Å². The lowest BCUT2D eigenvalue weighted by Gasteiger charge is -2.27. The van der Waals surface area contributed by atoms with Gasteiger partial charge in [0.25, 0.3) is 0 Å². The highest BCUT2D eigenvalue weighted by atomic mass is 32.2. The third kappa shape index (κ3) is 1.64. The molecule has 4 heteroatoms. The zero-order chi connectivity index (χ0) is 10.1. The third-order valence-electron chi connectivity index (χ3n) is 2.57. The van der Waals surface area contributed by atoms with Gasteiger partial charge in [0, 0.05) is 0 Å². The fourth-order valence-corrected chi connectivity index (χ4v) is 2.39. The third-order valence-corrected chi connectivity index (χ3v) is 3.58. The molecule has 0 amide bonds. The van der Waals surface area contributed by atoms with Crippen molar-refractivity contribution >= 4 is 18.9 Å². The van der Waals surface area contributed by atoms with E-state index in [1.165, 1.54) is 5.56 Å². The monoisotopic (exact) mass is 208 g/mol. The normalized spacial score (nSPS) is 20.2. The molecule has 2 rings (SSSR count). The number of hydrogen-bond donors (Lipinski definition) is 1. The van der Waals surface area contributed by atoms with Crippen molar-refractivity contribution in [2.24, 2.45) is 0 Å². The molecule has 1 aromatic carbocycles. The number of thioether (sulfide) groups is 1. The predicted octanol–water partition coefficient (Wildman–Crippen LogP) is 1.68. The van der Waals surface area contributed by atoms with Crippen molar-refractivity contribution in [3.8, 4) is 5.75 Å². The summed E-state index contributed by atoms with van der Waals surface area (Å²) in [5.74, 6) is 0.866. The molecule has 0 spiro atoms. The molecule has 0 bridgehead atoms. The highest BCUT2D eigenvalue weighted by Crippen LogP contribution is 2.32. The smallest absolute Gasteiger partial charge is 0.535 e. The van der Waals surface area contributed by atoms with Crippen molar-refractivity contribution in [2.45, 2.75) is 18.5 Å². The van der Waals surface area contributed by atoms with E-state index in [4.69, 9.17) is 4.65 Å². The largest absolute Gasteiger partial charge is 0.536 e. The van der Waals surface area contributed by atoms with Crippen LogP contribution in [0.1, 0.15) is 11.1 Å². The molecule has 0 fully saturated rings.